The molecule has 89 heavy (non-hydrogen) atoms. The molecule has 0 bridgehead atoms. The van der Waals surface area contributed by atoms with Gasteiger partial charge in [-0.25, -0.2) is 0 Å². The van der Waals surface area contributed by atoms with Gasteiger partial charge >= 0.3 is 0 Å². The van der Waals surface area contributed by atoms with E-state index in [1.54, 1.807) is 0 Å². The molecule has 0 spiro atoms. The molecule has 5 nitrogen and oxygen atoms in total. The summed E-state index contributed by atoms with van der Waals surface area (Å²) in [5, 5.41) is 2.36. The molecule has 486 valence electrons. The van der Waals surface area contributed by atoms with Gasteiger partial charge in [0.05, 0.1) is 48.7 Å². The molecule has 0 saturated carbocycles. The summed E-state index contributed by atoms with van der Waals surface area (Å²) in [5.41, 5.74) is 15.1. The first-order chi connectivity index (χ1) is 43.3. The number of aromatic nitrogens is 1. The van der Waals surface area contributed by atoms with Crippen LogP contribution in [-0.4, -0.2) is 47.1 Å². The average molecular weight is 1240 g/mol. The molecule has 0 aliphatic carbocycles. The summed E-state index contributed by atoms with van der Waals surface area (Å²) < 4.78 is 29.3. The van der Waals surface area contributed by atoms with Gasteiger partial charge in [-0.2, -0.15) is 0 Å². The minimum Gasteiger partial charge on any atom is -0.492 e. The van der Waals surface area contributed by atoms with Gasteiger partial charge in [0.2, 0.25) is 0 Å². The number of benzene rings is 4. The molecule has 0 saturated heterocycles. The van der Waals surface area contributed by atoms with Crippen molar-refractivity contribution in [2.75, 3.05) is 26.4 Å². The lowest BCUT2D eigenvalue weighted by atomic mass is 10.1. The van der Waals surface area contributed by atoms with Gasteiger partial charge in [0.1, 0.15) is 39.1 Å². The SMILES string of the molecule is CCCCCCCCCCOc1cc(C#C[Si](C)(C)C)c(OCCCCCCCCCC)cc1C#Cc1ccc2c(c1)c1cc(C#Cc3cc(OCCCCCCCCCC)c(C#C[Si](C)(C)C)cc3OCCCCCCCCCC)ccc1n2CCCC. The zero-order valence-electron chi connectivity index (χ0n) is 58.4. The maximum absolute atomic E-state index is 6.72. The van der Waals surface area contributed by atoms with Crippen LogP contribution < -0.4 is 18.9 Å². The number of fused-ring (bicyclic) bond motifs is 3. The van der Waals surface area contributed by atoms with Crippen LogP contribution in [0.2, 0.25) is 39.3 Å². The first-order valence-corrected chi connectivity index (χ1v) is 43.3. The lowest BCUT2D eigenvalue weighted by molar-refractivity contribution is 0.295. The molecule has 4 aromatic carbocycles. The Morgan fingerprint density at radius 1 is 0.292 bits per heavy atom. The highest BCUT2D eigenvalue weighted by Gasteiger charge is 2.17. The Hall–Kier alpha value is -5.45. The smallest absolute Gasteiger partial charge is 0.136 e. The van der Waals surface area contributed by atoms with E-state index in [4.69, 9.17) is 18.9 Å². The molecule has 0 aliphatic rings. The van der Waals surface area contributed by atoms with Crippen molar-refractivity contribution in [3.05, 3.63) is 94.0 Å². The van der Waals surface area contributed by atoms with Gasteiger partial charge in [0.25, 0.3) is 0 Å². The Morgan fingerprint density at radius 2 is 0.551 bits per heavy atom. The zero-order valence-corrected chi connectivity index (χ0v) is 60.4. The second-order valence-electron chi connectivity index (χ2n) is 27.5. The number of unbranched alkanes of at least 4 members (excludes halogenated alkanes) is 29. The van der Waals surface area contributed by atoms with Crippen LogP contribution in [0, 0.1) is 46.6 Å². The molecule has 1 heterocycles. The van der Waals surface area contributed by atoms with Crippen LogP contribution in [0.15, 0.2) is 60.7 Å². The molecule has 0 radical (unpaired) electrons. The highest BCUT2D eigenvalue weighted by atomic mass is 28.3. The fraction of sp³-hybridized carbons (Fsp3) is 0.610. The van der Waals surface area contributed by atoms with Crippen LogP contribution in [0.3, 0.4) is 0 Å². The third-order valence-corrected chi connectivity index (χ3v) is 18.4. The first kappa shape index (κ1) is 74.3. The van der Waals surface area contributed by atoms with Crippen LogP contribution in [0.1, 0.15) is 286 Å². The van der Waals surface area contributed by atoms with E-state index in [1.165, 1.54) is 202 Å². The van der Waals surface area contributed by atoms with Crippen molar-refractivity contribution < 1.29 is 18.9 Å². The molecule has 0 fully saturated rings. The summed E-state index contributed by atoms with van der Waals surface area (Å²) in [6.07, 6.45) is 42.3. The van der Waals surface area contributed by atoms with Crippen molar-refractivity contribution in [1.82, 2.24) is 4.57 Å². The summed E-state index contributed by atoms with van der Waals surface area (Å²) in [4.78, 5) is 0. The quantitative estimate of drug-likeness (QED) is 0.0222. The predicted molar refractivity (Wildman–Crippen MR) is 392 cm³/mol. The van der Waals surface area contributed by atoms with E-state index in [0.29, 0.717) is 26.4 Å². The van der Waals surface area contributed by atoms with Crippen LogP contribution in [0.5, 0.6) is 23.0 Å². The second kappa shape index (κ2) is 43.3. The van der Waals surface area contributed by atoms with Gasteiger partial charge in [-0.05, 0) is 68.5 Å². The fourth-order valence-electron chi connectivity index (χ4n) is 11.3. The molecule has 0 aliphatic heterocycles. The maximum atomic E-state index is 6.72. The second-order valence-corrected chi connectivity index (χ2v) is 37.0. The lowest BCUT2D eigenvalue weighted by Crippen LogP contribution is -2.16. The topological polar surface area (TPSA) is 41.9 Å². The van der Waals surface area contributed by atoms with E-state index in [-0.39, 0.29) is 0 Å². The van der Waals surface area contributed by atoms with Gasteiger partial charge in [-0.3, -0.25) is 0 Å². The zero-order chi connectivity index (χ0) is 63.8. The van der Waals surface area contributed by atoms with Crippen molar-refractivity contribution >= 4 is 38.0 Å². The normalized spacial score (nSPS) is 11.4. The molecule has 0 unspecified atom stereocenters. The molecule has 1 aromatic heterocycles. The molecule has 5 rings (SSSR count). The number of rotatable bonds is 43. The largest absolute Gasteiger partial charge is 0.492 e. The Bertz CT molecular complexity index is 2880. The minimum absolute atomic E-state index is 0.651. The highest BCUT2D eigenvalue weighted by molar-refractivity contribution is 6.84. The average Bonchev–Trinajstić information content (AvgIpc) is 1.67. The van der Waals surface area contributed by atoms with Crippen LogP contribution in [-0.2, 0) is 6.54 Å². The van der Waals surface area contributed by atoms with Crippen molar-refractivity contribution in [1.29, 1.82) is 0 Å². The van der Waals surface area contributed by atoms with Crippen molar-refractivity contribution in [3.63, 3.8) is 0 Å². The van der Waals surface area contributed by atoms with E-state index >= 15 is 0 Å². The van der Waals surface area contributed by atoms with Crippen LogP contribution >= 0.6 is 0 Å². The highest BCUT2D eigenvalue weighted by Crippen LogP contribution is 2.34. The summed E-state index contributed by atoms with van der Waals surface area (Å²) >= 11 is 0. The van der Waals surface area contributed by atoms with Crippen LogP contribution in [0.25, 0.3) is 21.8 Å². The van der Waals surface area contributed by atoms with Gasteiger partial charge in [-0.15, -0.1) is 11.1 Å². The summed E-state index contributed by atoms with van der Waals surface area (Å²) in [6, 6.07) is 21.9. The van der Waals surface area contributed by atoms with Gasteiger partial charge < -0.3 is 23.5 Å². The molecular weight excluding hydrogens is 1120 g/mol. The molecule has 7 heteroatoms. The van der Waals surface area contributed by atoms with Crippen molar-refractivity contribution in [3.8, 4) is 69.6 Å². The van der Waals surface area contributed by atoms with E-state index in [0.717, 1.165) is 101 Å². The summed E-state index contributed by atoms with van der Waals surface area (Å²) in [6.45, 7) is 28.8. The predicted octanol–water partition coefficient (Wildman–Crippen LogP) is 23.9. The molecule has 0 N–H and O–H groups in total. The summed E-state index contributed by atoms with van der Waals surface area (Å²) in [7, 11) is -3.37. The lowest BCUT2D eigenvalue weighted by Gasteiger charge is -2.14. The number of nitrogens with zero attached hydrogens (tertiary/aromatic N) is 1. The third-order valence-electron chi connectivity index (χ3n) is 16.6. The molecule has 0 amide bonds. The third kappa shape index (κ3) is 29.6. The first-order valence-electron chi connectivity index (χ1n) is 36.3. The molecule has 0 atom stereocenters. The van der Waals surface area contributed by atoms with Crippen molar-refractivity contribution in [2.45, 2.75) is 299 Å². The molecule has 5 aromatic rings. The standard InChI is InChI=1S/C82H121NO4Si2/c1-12-17-22-26-30-34-38-42-57-84-79-67-73(54-61-88(6,7)8)81(86-59-44-40-36-32-28-24-19-14-3)65-71(79)50-46-69-48-52-77-75(63-69)76-64-70(49-53-78(76)83(77)56-21-16-5)47-51-72-66-82(87-60-45-41-37-33-29-25-20-15-4)74(55-62-89(9,10)11)68-80(72)85-58-43-39-35-31-27-23-18-13-2/h48-49,52-53,63-68H,12-45,56-60H2,1-11H3. The van der Waals surface area contributed by atoms with Gasteiger partial charge in [0.15, 0.2) is 0 Å². The van der Waals surface area contributed by atoms with E-state index in [1.807, 2.05) is 0 Å². The Labute approximate surface area is 547 Å². The van der Waals surface area contributed by atoms with Gasteiger partial charge in [-0.1, -0.05) is 296 Å². The Morgan fingerprint density at radius 3 is 0.820 bits per heavy atom. The Kier molecular flexibility index (Phi) is 36.2. The van der Waals surface area contributed by atoms with Crippen molar-refractivity contribution in [2.24, 2.45) is 0 Å². The summed E-state index contributed by atoms with van der Waals surface area (Å²) in [5.74, 6) is 24.9. The van der Waals surface area contributed by atoms with E-state index < -0.39 is 16.1 Å². The molecular formula is C82H121NO4Si2. The number of hydrogen-bond acceptors (Lipinski definition) is 4. The van der Waals surface area contributed by atoms with Gasteiger partial charge in [0, 0.05) is 63.7 Å². The number of ether oxygens (including phenoxy) is 4. The van der Waals surface area contributed by atoms with E-state index in [9.17, 15) is 0 Å². The Balaban J connectivity index is 1.53. The van der Waals surface area contributed by atoms with E-state index in [2.05, 4.69) is 186 Å². The monoisotopic (exact) mass is 1240 g/mol. The maximum Gasteiger partial charge on any atom is 0.136 e. The van der Waals surface area contributed by atoms with Crippen LogP contribution in [0.4, 0.5) is 0 Å². The fourth-order valence-corrected chi connectivity index (χ4v) is 12.3. The number of aryl methyl sites for hydroxylation is 1. The minimum atomic E-state index is -1.69. The number of hydrogen-bond donors (Lipinski definition) is 0.